The summed E-state index contributed by atoms with van der Waals surface area (Å²) in [5.74, 6) is 3.36. The maximum Gasteiger partial charge on any atom is 0.128 e. The number of thioether (sulfide) groups is 1. The zero-order chi connectivity index (χ0) is 10.8. The summed E-state index contributed by atoms with van der Waals surface area (Å²) in [5, 5.41) is 3.63. The minimum atomic E-state index is -0.0986. The Labute approximate surface area is 99.9 Å². The maximum absolute atomic E-state index is 5.96. The third-order valence-corrected chi connectivity index (χ3v) is 4.56. The number of ether oxygens (including phenoxy) is 1. The molecule has 2 unspecified atom stereocenters. The molecule has 2 saturated heterocycles. The monoisotopic (exact) mass is 239 g/mol. The smallest absolute Gasteiger partial charge is 0.128 e. The van der Waals surface area contributed by atoms with Crippen LogP contribution in [0.25, 0.3) is 0 Å². The first-order chi connectivity index (χ1) is 7.88. The van der Waals surface area contributed by atoms with Crippen molar-refractivity contribution < 1.29 is 9.15 Å². The van der Waals surface area contributed by atoms with Gasteiger partial charge in [0.2, 0.25) is 0 Å². The van der Waals surface area contributed by atoms with E-state index in [1.165, 1.54) is 12.2 Å². The van der Waals surface area contributed by atoms with E-state index in [4.69, 9.17) is 9.15 Å². The molecular weight excluding hydrogens is 222 g/mol. The molecule has 16 heavy (non-hydrogen) atoms. The largest absolute Gasteiger partial charge is 0.468 e. The van der Waals surface area contributed by atoms with Crippen molar-refractivity contribution in [2.75, 3.05) is 18.1 Å². The van der Waals surface area contributed by atoms with Gasteiger partial charge in [-0.25, -0.2) is 0 Å². The lowest BCUT2D eigenvalue weighted by Gasteiger charge is -2.43. The summed E-state index contributed by atoms with van der Waals surface area (Å²) in [7, 11) is 0. The van der Waals surface area contributed by atoms with Crippen molar-refractivity contribution in [3.63, 3.8) is 0 Å². The maximum atomic E-state index is 5.96. The lowest BCUT2D eigenvalue weighted by molar-refractivity contribution is -0.104. The van der Waals surface area contributed by atoms with Gasteiger partial charge < -0.3 is 9.15 Å². The van der Waals surface area contributed by atoms with Crippen LogP contribution in [0.3, 0.4) is 0 Å². The fraction of sp³-hybridized carbons (Fsp3) is 0.667. The molecule has 2 fully saturated rings. The van der Waals surface area contributed by atoms with Gasteiger partial charge in [0.05, 0.1) is 18.9 Å². The molecule has 88 valence electrons. The molecule has 1 spiro atoms. The van der Waals surface area contributed by atoms with Crippen molar-refractivity contribution in [2.45, 2.75) is 31.0 Å². The third-order valence-electron chi connectivity index (χ3n) is 3.31. The van der Waals surface area contributed by atoms with Gasteiger partial charge in [0, 0.05) is 5.75 Å². The first-order valence-electron chi connectivity index (χ1n) is 5.91. The van der Waals surface area contributed by atoms with E-state index in [1.54, 1.807) is 6.26 Å². The molecule has 3 nitrogen and oxygen atoms in total. The predicted octanol–water partition coefficient (Wildman–Crippen LogP) is 2.55. The van der Waals surface area contributed by atoms with E-state index in [2.05, 4.69) is 5.32 Å². The molecule has 1 aromatic heterocycles. The van der Waals surface area contributed by atoms with Crippen molar-refractivity contribution >= 4 is 11.8 Å². The highest BCUT2D eigenvalue weighted by molar-refractivity contribution is 7.99. The van der Waals surface area contributed by atoms with Crippen molar-refractivity contribution in [1.29, 1.82) is 0 Å². The summed E-state index contributed by atoms with van der Waals surface area (Å²) >= 11 is 1.98. The summed E-state index contributed by atoms with van der Waals surface area (Å²) in [6, 6.07) is 4.32. The van der Waals surface area contributed by atoms with E-state index in [-0.39, 0.29) is 5.72 Å². The average molecular weight is 239 g/mol. The second-order valence-electron chi connectivity index (χ2n) is 4.50. The molecule has 3 heterocycles. The van der Waals surface area contributed by atoms with Crippen molar-refractivity contribution in [1.82, 2.24) is 5.32 Å². The van der Waals surface area contributed by atoms with Crippen LogP contribution in [0.2, 0.25) is 0 Å². The van der Waals surface area contributed by atoms with Crippen molar-refractivity contribution in [3.05, 3.63) is 24.2 Å². The Hall–Kier alpha value is -0.450. The Balaban J connectivity index is 1.74. The highest BCUT2D eigenvalue weighted by Crippen LogP contribution is 2.34. The van der Waals surface area contributed by atoms with Crippen LogP contribution in [0.1, 0.15) is 31.1 Å². The van der Waals surface area contributed by atoms with Crippen LogP contribution in [-0.2, 0) is 4.74 Å². The first-order valence-corrected chi connectivity index (χ1v) is 7.06. The molecule has 2 aliphatic heterocycles. The van der Waals surface area contributed by atoms with E-state index >= 15 is 0 Å². The van der Waals surface area contributed by atoms with E-state index in [9.17, 15) is 0 Å². The van der Waals surface area contributed by atoms with Crippen molar-refractivity contribution in [3.8, 4) is 0 Å². The second-order valence-corrected chi connectivity index (χ2v) is 5.61. The van der Waals surface area contributed by atoms with Gasteiger partial charge in [0.1, 0.15) is 11.5 Å². The summed E-state index contributed by atoms with van der Waals surface area (Å²) in [6.45, 7) is 0.832. The van der Waals surface area contributed by atoms with Gasteiger partial charge in [-0.15, -0.1) is 0 Å². The first kappa shape index (κ1) is 10.7. The molecule has 0 saturated carbocycles. The van der Waals surface area contributed by atoms with E-state index in [1.807, 2.05) is 23.9 Å². The molecule has 2 atom stereocenters. The number of hydrogen-bond acceptors (Lipinski definition) is 4. The number of furan rings is 1. The Kier molecular flexibility index (Phi) is 2.96. The van der Waals surface area contributed by atoms with Crippen LogP contribution in [0.4, 0.5) is 0 Å². The molecular formula is C12H17NO2S. The SMILES string of the molecule is c1coc(C2CCOC3(CCCSC3)N2)c1. The minimum absolute atomic E-state index is 0.0986. The normalized spacial score (nSPS) is 35.4. The number of hydrogen-bond donors (Lipinski definition) is 1. The molecule has 1 N–H and O–H groups in total. The lowest BCUT2D eigenvalue weighted by atomic mass is 10.0. The van der Waals surface area contributed by atoms with Crippen LogP contribution in [0.15, 0.2) is 22.8 Å². The molecule has 0 aliphatic carbocycles. The summed E-state index contributed by atoms with van der Waals surface area (Å²) < 4.78 is 11.4. The minimum Gasteiger partial charge on any atom is -0.468 e. The third kappa shape index (κ3) is 2.01. The highest BCUT2D eigenvalue weighted by Gasteiger charge is 2.39. The molecule has 0 radical (unpaired) electrons. The Morgan fingerprint density at radius 2 is 2.50 bits per heavy atom. The Morgan fingerprint density at radius 1 is 1.50 bits per heavy atom. The van der Waals surface area contributed by atoms with Gasteiger partial charge >= 0.3 is 0 Å². The molecule has 0 aromatic carbocycles. The molecule has 3 rings (SSSR count). The average Bonchev–Trinajstić information content (AvgIpc) is 2.83. The van der Waals surface area contributed by atoms with Gasteiger partial charge in [-0.3, -0.25) is 5.32 Å². The van der Waals surface area contributed by atoms with E-state index < -0.39 is 0 Å². The zero-order valence-electron chi connectivity index (χ0n) is 9.28. The molecule has 1 aromatic rings. The number of rotatable bonds is 1. The molecule has 0 amide bonds. The molecule has 0 bridgehead atoms. The van der Waals surface area contributed by atoms with Crippen LogP contribution >= 0.6 is 11.8 Å². The molecule has 2 aliphatic rings. The Morgan fingerprint density at radius 3 is 3.25 bits per heavy atom. The number of nitrogens with one attached hydrogen (secondary N) is 1. The topological polar surface area (TPSA) is 34.4 Å². The Bertz CT molecular complexity index is 327. The summed E-state index contributed by atoms with van der Waals surface area (Å²) in [5.41, 5.74) is -0.0986. The molecule has 4 heteroatoms. The van der Waals surface area contributed by atoms with Gasteiger partial charge in [0.25, 0.3) is 0 Å². The van der Waals surface area contributed by atoms with E-state index in [0.29, 0.717) is 6.04 Å². The summed E-state index contributed by atoms with van der Waals surface area (Å²) in [4.78, 5) is 0. The highest BCUT2D eigenvalue weighted by atomic mass is 32.2. The van der Waals surface area contributed by atoms with Crippen molar-refractivity contribution in [2.24, 2.45) is 0 Å². The standard InChI is InChI=1S/C12H17NO2S/c1-3-11(14-6-1)10-4-7-15-12(13-10)5-2-8-16-9-12/h1,3,6,10,13H,2,4-5,7-9H2. The van der Waals surface area contributed by atoms with E-state index in [0.717, 1.165) is 31.0 Å². The van der Waals surface area contributed by atoms with Crippen LogP contribution < -0.4 is 5.32 Å². The second kappa shape index (κ2) is 4.43. The van der Waals surface area contributed by atoms with Crippen LogP contribution in [0.5, 0.6) is 0 Å². The van der Waals surface area contributed by atoms with Crippen LogP contribution in [0, 0.1) is 0 Å². The van der Waals surface area contributed by atoms with Gasteiger partial charge in [0.15, 0.2) is 0 Å². The quantitative estimate of drug-likeness (QED) is 0.816. The van der Waals surface area contributed by atoms with Gasteiger partial charge in [-0.1, -0.05) is 0 Å². The van der Waals surface area contributed by atoms with Gasteiger partial charge in [-0.2, -0.15) is 11.8 Å². The fourth-order valence-electron chi connectivity index (χ4n) is 2.50. The lowest BCUT2D eigenvalue weighted by Crippen LogP contribution is -2.56. The zero-order valence-corrected chi connectivity index (χ0v) is 10.1. The van der Waals surface area contributed by atoms with Crippen LogP contribution in [-0.4, -0.2) is 23.8 Å². The summed E-state index contributed by atoms with van der Waals surface area (Å²) in [6.07, 6.45) is 5.11. The van der Waals surface area contributed by atoms with Gasteiger partial charge in [-0.05, 0) is 37.1 Å². The fourth-order valence-corrected chi connectivity index (χ4v) is 3.64. The predicted molar refractivity (Wildman–Crippen MR) is 64.4 cm³/mol.